The smallest absolute Gasteiger partial charge is 0.184 e. The van der Waals surface area contributed by atoms with Crippen molar-refractivity contribution in [2.45, 2.75) is 199 Å². The van der Waals surface area contributed by atoms with E-state index in [1.54, 1.807) is 0 Å². The summed E-state index contributed by atoms with van der Waals surface area (Å²) in [5.74, 6) is -0.569. The summed E-state index contributed by atoms with van der Waals surface area (Å²) >= 11 is 0. The van der Waals surface area contributed by atoms with E-state index < -0.39 is 5.60 Å². The van der Waals surface area contributed by atoms with Crippen molar-refractivity contribution in [3.8, 4) is 0 Å². The molecule has 42 heavy (non-hydrogen) atoms. The number of unbranched alkanes of at least 4 members (excludes halogenated alkanes) is 22. The third-order valence-electron chi connectivity index (χ3n) is 8.55. The van der Waals surface area contributed by atoms with Crippen molar-refractivity contribution in [2.24, 2.45) is 0 Å². The van der Waals surface area contributed by atoms with Crippen molar-refractivity contribution < 1.29 is 14.7 Å². The summed E-state index contributed by atoms with van der Waals surface area (Å²) < 4.78 is 0. The predicted molar refractivity (Wildman–Crippen MR) is 188 cm³/mol. The third kappa shape index (κ3) is 24.6. The van der Waals surface area contributed by atoms with E-state index in [1.807, 2.05) is 0 Å². The molecule has 0 aromatic heterocycles. The first-order chi connectivity index (χ1) is 20.5. The Morgan fingerprint density at radius 1 is 0.476 bits per heavy atom. The van der Waals surface area contributed by atoms with Gasteiger partial charge in [-0.3, -0.25) is 9.59 Å². The number of carbonyl (C=O) groups excluding carboxylic acids is 2. The Hall–Kier alpha value is -0.790. The number of carbonyl (C=O) groups is 2. The first kappa shape index (κ1) is 41.2. The number of hydrogen-bond acceptors (Lipinski definition) is 3. The molecule has 0 spiro atoms. The second-order valence-electron chi connectivity index (χ2n) is 12.6. The van der Waals surface area contributed by atoms with Crippen LogP contribution in [-0.4, -0.2) is 28.4 Å². The molecular weight excluding hydrogens is 535 g/mol. The van der Waals surface area contributed by atoms with Crippen LogP contribution in [0.4, 0.5) is 0 Å². The van der Waals surface area contributed by atoms with Crippen molar-refractivity contribution in [3.05, 3.63) is 24.3 Å². The fourth-order valence-electron chi connectivity index (χ4n) is 5.51. The van der Waals surface area contributed by atoms with Crippen LogP contribution in [0.2, 0.25) is 0 Å². The SMILES string of the molecule is CCCCCCCC/C=C\CCCCCCCC(=O)C(O)(CP)C(=O)CCCCCCC/C=C\CCCCCCCC. The average Bonchev–Trinajstić information content (AvgIpc) is 3.00. The summed E-state index contributed by atoms with van der Waals surface area (Å²) in [5, 5.41) is 10.9. The lowest BCUT2D eigenvalue weighted by Gasteiger charge is -2.23. The standard InChI is InChI=1S/C38H71O3P/c1-3-5-7-9-11-13-15-17-19-21-23-25-27-29-31-33-36(39)38(41,35-42)37(40)34-32-30-28-26-24-22-20-18-16-14-12-10-8-6-4-2/h17-20,41H,3-16,21-35,42H2,1-2H3/b19-17-,20-18-. The van der Waals surface area contributed by atoms with Gasteiger partial charge in [-0.15, -0.1) is 9.24 Å². The van der Waals surface area contributed by atoms with E-state index in [1.165, 1.54) is 116 Å². The van der Waals surface area contributed by atoms with Gasteiger partial charge in [-0.1, -0.05) is 141 Å². The van der Waals surface area contributed by atoms with Crippen LogP contribution < -0.4 is 0 Å². The summed E-state index contributed by atoms with van der Waals surface area (Å²) in [6.45, 7) is 4.52. The molecule has 0 aliphatic heterocycles. The van der Waals surface area contributed by atoms with Gasteiger partial charge < -0.3 is 5.11 Å². The van der Waals surface area contributed by atoms with Gasteiger partial charge in [0.25, 0.3) is 0 Å². The molecule has 246 valence electrons. The van der Waals surface area contributed by atoms with Crippen molar-refractivity contribution in [3.63, 3.8) is 0 Å². The molecule has 0 aliphatic carbocycles. The van der Waals surface area contributed by atoms with E-state index in [0.29, 0.717) is 12.8 Å². The minimum atomic E-state index is -1.80. The highest BCUT2D eigenvalue weighted by atomic mass is 31.0. The summed E-state index contributed by atoms with van der Waals surface area (Å²) in [7, 11) is 2.42. The molecule has 0 saturated heterocycles. The maximum Gasteiger partial charge on any atom is 0.184 e. The maximum atomic E-state index is 12.7. The van der Waals surface area contributed by atoms with Crippen molar-refractivity contribution >= 4 is 20.8 Å². The zero-order valence-corrected chi connectivity index (χ0v) is 29.3. The van der Waals surface area contributed by atoms with E-state index in [9.17, 15) is 14.7 Å². The Balaban J connectivity index is 3.77. The number of hydrogen-bond donors (Lipinski definition) is 1. The van der Waals surface area contributed by atoms with Crippen LogP contribution in [0, 0.1) is 0 Å². The molecule has 0 amide bonds. The molecule has 1 unspecified atom stereocenters. The molecule has 0 fully saturated rings. The Kier molecular flexibility index (Phi) is 31.0. The fraction of sp³-hybridized carbons (Fsp3) is 0.842. The summed E-state index contributed by atoms with van der Waals surface area (Å²) in [6.07, 6.45) is 41.5. The largest absolute Gasteiger partial charge is 0.374 e. The van der Waals surface area contributed by atoms with Gasteiger partial charge in [0.1, 0.15) is 0 Å². The van der Waals surface area contributed by atoms with Gasteiger partial charge in [-0.05, 0) is 64.2 Å². The molecule has 0 aromatic carbocycles. The van der Waals surface area contributed by atoms with E-state index in [-0.39, 0.29) is 17.7 Å². The summed E-state index contributed by atoms with van der Waals surface area (Å²) in [6, 6.07) is 0. The highest BCUT2D eigenvalue weighted by Crippen LogP contribution is 2.21. The minimum Gasteiger partial charge on any atom is -0.374 e. The van der Waals surface area contributed by atoms with Crippen LogP contribution in [0.5, 0.6) is 0 Å². The van der Waals surface area contributed by atoms with Crippen LogP contribution >= 0.6 is 9.24 Å². The monoisotopic (exact) mass is 607 g/mol. The van der Waals surface area contributed by atoms with Gasteiger partial charge >= 0.3 is 0 Å². The van der Waals surface area contributed by atoms with Crippen LogP contribution in [0.15, 0.2) is 24.3 Å². The quantitative estimate of drug-likeness (QED) is 0.0350. The van der Waals surface area contributed by atoms with Gasteiger partial charge in [0, 0.05) is 19.0 Å². The van der Waals surface area contributed by atoms with Crippen molar-refractivity contribution in [1.29, 1.82) is 0 Å². The van der Waals surface area contributed by atoms with Gasteiger partial charge in [0.2, 0.25) is 0 Å². The third-order valence-corrected chi connectivity index (χ3v) is 9.14. The molecule has 1 atom stereocenters. The van der Waals surface area contributed by atoms with E-state index >= 15 is 0 Å². The zero-order valence-electron chi connectivity index (χ0n) is 28.2. The lowest BCUT2D eigenvalue weighted by molar-refractivity contribution is -0.148. The maximum absolute atomic E-state index is 12.7. The average molecular weight is 607 g/mol. The Bertz CT molecular complexity index is 617. The van der Waals surface area contributed by atoms with Gasteiger partial charge in [0.05, 0.1) is 0 Å². The van der Waals surface area contributed by atoms with Gasteiger partial charge in [-0.2, -0.15) is 0 Å². The second-order valence-corrected chi connectivity index (χ2v) is 13.0. The van der Waals surface area contributed by atoms with E-state index in [2.05, 4.69) is 47.4 Å². The second kappa shape index (κ2) is 31.6. The number of rotatable bonds is 33. The van der Waals surface area contributed by atoms with Crippen LogP contribution in [0.3, 0.4) is 0 Å². The Labute approximate surface area is 264 Å². The molecule has 0 aromatic rings. The summed E-state index contributed by atoms with van der Waals surface area (Å²) in [4.78, 5) is 25.5. The molecule has 4 heteroatoms. The molecule has 0 saturated carbocycles. The topological polar surface area (TPSA) is 54.4 Å². The van der Waals surface area contributed by atoms with Crippen LogP contribution in [-0.2, 0) is 9.59 Å². The van der Waals surface area contributed by atoms with Crippen molar-refractivity contribution in [2.75, 3.05) is 6.16 Å². The molecular formula is C38H71O3P. The zero-order chi connectivity index (χ0) is 31.0. The highest BCUT2D eigenvalue weighted by molar-refractivity contribution is 7.16. The molecule has 1 N–H and O–H groups in total. The first-order valence-electron chi connectivity index (χ1n) is 18.3. The normalized spacial score (nSPS) is 12.2. The predicted octanol–water partition coefficient (Wildman–Crippen LogP) is 11.8. The lowest BCUT2D eigenvalue weighted by atomic mass is 9.88. The van der Waals surface area contributed by atoms with E-state index in [0.717, 1.165) is 51.4 Å². The van der Waals surface area contributed by atoms with Crippen LogP contribution in [0.1, 0.15) is 194 Å². The molecule has 0 radical (unpaired) electrons. The number of Topliss-reactive ketones (excluding diaryl/α,β-unsaturated/α-hetero) is 2. The molecule has 0 aliphatic rings. The number of ketones is 2. The highest BCUT2D eigenvalue weighted by Gasteiger charge is 2.40. The Morgan fingerprint density at radius 2 is 0.738 bits per heavy atom. The van der Waals surface area contributed by atoms with E-state index in [4.69, 9.17) is 0 Å². The minimum absolute atomic E-state index is 0.112. The fourth-order valence-corrected chi connectivity index (χ4v) is 5.96. The first-order valence-corrected chi connectivity index (χ1v) is 19.1. The number of allylic oxidation sites excluding steroid dienone is 4. The molecule has 3 nitrogen and oxygen atoms in total. The Morgan fingerprint density at radius 3 is 1.02 bits per heavy atom. The van der Waals surface area contributed by atoms with Crippen LogP contribution in [0.25, 0.3) is 0 Å². The molecule has 0 heterocycles. The van der Waals surface area contributed by atoms with Gasteiger partial charge in [0.15, 0.2) is 17.2 Å². The molecule has 0 rings (SSSR count). The van der Waals surface area contributed by atoms with Gasteiger partial charge in [-0.25, -0.2) is 0 Å². The number of aliphatic hydroxyl groups is 1. The molecule has 0 bridgehead atoms. The summed E-state index contributed by atoms with van der Waals surface area (Å²) in [5.41, 5.74) is -1.80. The lowest BCUT2D eigenvalue weighted by Crippen LogP contribution is -2.48. The van der Waals surface area contributed by atoms with Crippen molar-refractivity contribution in [1.82, 2.24) is 0 Å².